The fourth-order valence-electron chi connectivity index (χ4n) is 13.1. The van der Waals surface area contributed by atoms with Crippen molar-refractivity contribution in [2.75, 3.05) is 122 Å². The van der Waals surface area contributed by atoms with Gasteiger partial charge in [0.15, 0.2) is 0 Å². The number of nitrogens with one attached hydrogen (secondary N) is 6. The molecular formula is C81H87N23O6. The Bertz CT molecular complexity index is 5380. The van der Waals surface area contributed by atoms with Gasteiger partial charge in [-0.3, -0.25) is 29.3 Å². The molecule has 562 valence electrons. The number of H-pyrrole nitrogens is 3. The van der Waals surface area contributed by atoms with Crippen molar-refractivity contribution in [1.29, 1.82) is 0 Å². The number of carbonyl (C=O) groups is 3. The smallest absolute Gasteiger partial charge is 0.270 e. The zero-order chi connectivity index (χ0) is 75.5. The van der Waals surface area contributed by atoms with Crippen LogP contribution in [0, 0.1) is 0 Å². The third-order valence-electron chi connectivity index (χ3n) is 19.8. The molecule has 17 rings (SSSR count). The Morgan fingerprint density at radius 2 is 0.782 bits per heavy atom. The van der Waals surface area contributed by atoms with Gasteiger partial charge in [-0.1, -0.05) is 6.92 Å². The van der Waals surface area contributed by atoms with E-state index in [4.69, 9.17) is 14.2 Å². The van der Waals surface area contributed by atoms with Crippen LogP contribution in [0.2, 0.25) is 0 Å². The van der Waals surface area contributed by atoms with Gasteiger partial charge in [0.2, 0.25) is 17.8 Å². The van der Waals surface area contributed by atoms with Crippen LogP contribution in [0.4, 0.5) is 34.9 Å². The molecule has 13 aromatic rings. The second-order valence-corrected chi connectivity index (χ2v) is 27.8. The Labute approximate surface area is 635 Å². The van der Waals surface area contributed by atoms with E-state index in [1.165, 1.54) is 6.42 Å². The molecule has 29 heteroatoms. The van der Waals surface area contributed by atoms with Gasteiger partial charge in [-0.15, -0.1) is 0 Å². The number of hydrogen-bond donors (Lipinski definition) is 6. The van der Waals surface area contributed by atoms with E-state index in [0.717, 1.165) is 176 Å². The molecule has 0 unspecified atom stereocenters. The fourth-order valence-corrected chi connectivity index (χ4v) is 13.1. The summed E-state index contributed by atoms with van der Waals surface area (Å²) in [5, 5.41) is 12.7. The summed E-state index contributed by atoms with van der Waals surface area (Å²) in [7, 11) is 8.16. The minimum Gasteiger partial charge on any atom is -0.493 e. The molecule has 0 spiro atoms. The predicted molar refractivity (Wildman–Crippen MR) is 422 cm³/mol. The number of carbonyl (C=O) groups excluding carboxylic acids is 3. The van der Waals surface area contributed by atoms with E-state index >= 15 is 0 Å². The van der Waals surface area contributed by atoms with Gasteiger partial charge in [-0.05, 0) is 156 Å². The summed E-state index contributed by atoms with van der Waals surface area (Å²) in [6.07, 6.45) is 18.6. The number of likely N-dealkylation sites (N-methyl/N-ethyl adjacent to an activating group) is 3. The first-order chi connectivity index (χ1) is 53.7. The molecular weight excluding hydrogens is 1390 g/mol. The first kappa shape index (κ1) is 72.8. The Balaban J connectivity index is 0.000000131. The van der Waals surface area contributed by atoms with Crippen molar-refractivity contribution >= 4 is 85.3 Å². The number of anilines is 6. The molecule has 3 aromatic carbocycles. The average molecular weight is 1480 g/mol. The summed E-state index contributed by atoms with van der Waals surface area (Å²) >= 11 is 0. The Hall–Kier alpha value is -12.7. The van der Waals surface area contributed by atoms with Gasteiger partial charge in [0, 0.05) is 203 Å². The Morgan fingerprint density at radius 3 is 1.15 bits per heavy atom. The van der Waals surface area contributed by atoms with Crippen molar-refractivity contribution in [3.05, 3.63) is 200 Å². The van der Waals surface area contributed by atoms with E-state index in [-0.39, 0.29) is 17.7 Å². The lowest BCUT2D eigenvalue weighted by Gasteiger charge is -2.32. The van der Waals surface area contributed by atoms with E-state index in [0.29, 0.717) is 82.8 Å². The lowest BCUT2D eigenvalue weighted by Crippen LogP contribution is -2.47. The van der Waals surface area contributed by atoms with Crippen molar-refractivity contribution in [2.24, 2.45) is 7.05 Å². The van der Waals surface area contributed by atoms with Crippen LogP contribution in [0.25, 0.3) is 66.9 Å². The third kappa shape index (κ3) is 17.9. The second-order valence-electron chi connectivity index (χ2n) is 27.8. The predicted octanol–water partition coefficient (Wildman–Crippen LogP) is 11.5. The number of ether oxygens (including phenoxy) is 3. The molecule has 3 aliphatic heterocycles. The van der Waals surface area contributed by atoms with Crippen LogP contribution in [0.5, 0.6) is 17.2 Å². The van der Waals surface area contributed by atoms with E-state index in [1.807, 2.05) is 160 Å². The molecule has 10 aromatic heterocycles. The third-order valence-corrected chi connectivity index (χ3v) is 19.8. The van der Waals surface area contributed by atoms with Crippen molar-refractivity contribution in [3.8, 4) is 51.4 Å². The zero-order valence-corrected chi connectivity index (χ0v) is 62.1. The van der Waals surface area contributed by atoms with Crippen molar-refractivity contribution in [3.63, 3.8) is 0 Å². The average Bonchev–Trinajstić information content (AvgIpc) is 1.66. The maximum Gasteiger partial charge on any atom is 0.270 e. The largest absolute Gasteiger partial charge is 0.493 e. The van der Waals surface area contributed by atoms with Crippen LogP contribution in [0.15, 0.2) is 177 Å². The lowest BCUT2D eigenvalue weighted by molar-refractivity contribution is 0.0652. The number of piperazine rings is 3. The number of aromatic amines is 3. The van der Waals surface area contributed by atoms with Crippen LogP contribution < -0.4 is 30.2 Å². The number of imidazole rings is 1. The minimum atomic E-state index is 0.0310. The standard InChI is InChI=1S/C28H29N9O2.C27H29N7O2.C26H29N7O2/c1-35-11-13-37(14-12-35)27(38)25-16-19-15-20(3-4-22(19)33-25)32-28-31-8-6-23(34-28)24-17-21(5-7-29-24)39-18-26-30-9-10-36(26)2;1-33-11-13-34(14-12-33)26(35)25-16-18-15-19(5-6-22(18)31-25)30-27-29-10-8-23(32-27)24-17-21(7-9-28-24)36-20-3-2-4-20;1-3-14-35-20-6-8-27-23(17-20)22-7-9-28-26(31-22)29-19-4-5-21-18(15-19)16-24(30-21)25(34)33-12-10-32(2)11-13-33/h3-10,15-17,33H,11-14,18H2,1-2H3,(H,31,32,34);5-10,15-17,20,31H,2-4,11-14H2,1H3,(H,29,30,32);4-9,15-17,30H,3,10-14H2,1-2H3,(H,28,29,31). The Kier molecular flexibility index (Phi) is 22.2. The summed E-state index contributed by atoms with van der Waals surface area (Å²) in [5.41, 5.74) is 11.3. The molecule has 6 N–H and O–H groups in total. The summed E-state index contributed by atoms with van der Waals surface area (Å²) in [6.45, 7) is 12.9. The first-order valence-corrected chi connectivity index (χ1v) is 37.1. The highest BCUT2D eigenvalue weighted by molar-refractivity contribution is 6.01. The number of fused-ring (bicyclic) bond motifs is 3. The van der Waals surface area contributed by atoms with Crippen molar-refractivity contribution < 1.29 is 28.6 Å². The summed E-state index contributed by atoms with van der Waals surface area (Å²) in [5.74, 6) is 4.59. The molecule has 0 radical (unpaired) electrons. The number of rotatable bonds is 20. The van der Waals surface area contributed by atoms with E-state index in [9.17, 15) is 14.4 Å². The number of benzene rings is 3. The van der Waals surface area contributed by atoms with Crippen LogP contribution in [0.1, 0.15) is 69.9 Å². The van der Waals surface area contributed by atoms with Gasteiger partial charge >= 0.3 is 0 Å². The molecule has 3 saturated heterocycles. The van der Waals surface area contributed by atoms with Gasteiger partial charge in [-0.25, -0.2) is 34.9 Å². The van der Waals surface area contributed by atoms with Crippen molar-refractivity contribution in [1.82, 2.24) is 98.8 Å². The highest BCUT2D eigenvalue weighted by atomic mass is 16.5. The maximum absolute atomic E-state index is 13.0. The highest BCUT2D eigenvalue weighted by Gasteiger charge is 2.26. The summed E-state index contributed by atoms with van der Waals surface area (Å²) in [6, 6.07) is 40.0. The van der Waals surface area contributed by atoms with Crippen molar-refractivity contribution in [2.45, 2.75) is 45.3 Å². The molecule has 29 nitrogen and oxygen atoms in total. The molecule has 1 saturated carbocycles. The summed E-state index contributed by atoms with van der Waals surface area (Å²) in [4.78, 5) is 106. The number of amides is 3. The van der Waals surface area contributed by atoms with Gasteiger partial charge in [-0.2, -0.15) is 0 Å². The molecule has 0 atom stereocenters. The monoisotopic (exact) mass is 1480 g/mol. The zero-order valence-electron chi connectivity index (χ0n) is 62.1. The molecule has 3 amide bonds. The fraction of sp³-hybridized carbons (Fsp3) is 0.296. The van der Waals surface area contributed by atoms with Gasteiger partial charge in [0.25, 0.3) is 17.7 Å². The second kappa shape index (κ2) is 33.6. The quantitative estimate of drug-likeness (QED) is 0.0413. The van der Waals surface area contributed by atoms with Crippen LogP contribution in [0.3, 0.4) is 0 Å². The van der Waals surface area contributed by atoms with Crippen LogP contribution in [-0.2, 0) is 13.7 Å². The maximum atomic E-state index is 13.0. The van der Waals surface area contributed by atoms with E-state index in [2.05, 4.69) is 124 Å². The first-order valence-electron chi connectivity index (χ1n) is 37.1. The number of aryl methyl sites for hydroxylation is 1. The summed E-state index contributed by atoms with van der Waals surface area (Å²) < 4.78 is 19.6. The molecule has 110 heavy (non-hydrogen) atoms. The number of pyridine rings is 3. The number of hydrogen-bond acceptors (Lipinski definition) is 22. The molecule has 4 fully saturated rings. The molecule has 13 heterocycles. The molecule has 0 bridgehead atoms. The van der Waals surface area contributed by atoms with Gasteiger partial charge in [0.05, 0.1) is 46.9 Å². The van der Waals surface area contributed by atoms with E-state index < -0.39 is 0 Å². The molecule has 1 aliphatic carbocycles. The lowest BCUT2D eigenvalue weighted by atomic mass is 9.96. The molecule has 4 aliphatic rings. The van der Waals surface area contributed by atoms with Gasteiger partial charge in [0.1, 0.15) is 46.8 Å². The topological polar surface area (TPSA) is 316 Å². The number of aromatic nitrogens is 14. The minimum absolute atomic E-state index is 0.0310. The SMILES string of the molecule is CCCOc1ccnc(-c2ccnc(Nc3ccc4[nH]c(C(=O)N5CCN(C)CC5)cc4c3)n2)c1.CN1CCN(C(=O)c2cc3cc(Nc4nccc(-c5cc(OC6CCC6)ccn5)n4)ccc3[nH]2)CC1.CN1CCN(C(=O)c2cc3cc(Nc4nccc(-c5cc(OCc6nccn6C)ccn5)n4)ccc3[nH]2)CC1. The van der Waals surface area contributed by atoms with E-state index in [1.54, 1.807) is 43.4 Å². The highest BCUT2D eigenvalue weighted by Crippen LogP contribution is 2.32. The van der Waals surface area contributed by atoms with Gasteiger partial charge < -0.3 is 79.1 Å². The van der Waals surface area contributed by atoms with Crippen LogP contribution in [-0.4, -0.2) is 229 Å². The van der Waals surface area contributed by atoms with Crippen LogP contribution >= 0.6 is 0 Å². The Morgan fingerprint density at radius 1 is 0.409 bits per heavy atom. The number of nitrogens with zero attached hydrogens (tertiary/aromatic N) is 17. The normalized spacial score (nSPS) is 15.0.